The summed E-state index contributed by atoms with van der Waals surface area (Å²) in [5, 5.41) is 16.5. The highest BCUT2D eigenvalue weighted by molar-refractivity contribution is 7.99. The monoisotopic (exact) mass is 224 g/mol. The van der Waals surface area contributed by atoms with Gasteiger partial charge in [-0.05, 0) is 31.6 Å². The molecular formula is C10H16N4S. The Morgan fingerprint density at radius 3 is 2.60 bits per heavy atom. The summed E-state index contributed by atoms with van der Waals surface area (Å²) >= 11 is 1.60. The fourth-order valence-corrected chi connectivity index (χ4v) is 2.11. The summed E-state index contributed by atoms with van der Waals surface area (Å²) < 4.78 is 0. The number of amidine groups is 1. The molecule has 0 unspecified atom stereocenters. The van der Waals surface area contributed by atoms with Gasteiger partial charge in [-0.2, -0.15) is 5.10 Å². The summed E-state index contributed by atoms with van der Waals surface area (Å²) in [6.45, 7) is 5.91. The van der Waals surface area contributed by atoms with Crippen molar-refractivity contribution in [1.29, 1.82) is 5.41 Å². The number of thioether (sulfide) groups is 1. The molecule has 0 aliphatic rings. The van der Waals surface area contributed by atoms with Crippen LogP contribution in [-0.2, 0) is 0 Å². The maximum absolute atomic E-state index is 7.55. The van der Waals surface area contributed by atoms with Crippen LogP contribution >= 0.6 is 11.8 Å². The van der Waals surface area contributed by atoms with Gasteiger partial charge in [0.25, 0.3) is 0 Å². The van der Waals surface area contributed by atoms with Gasteiger partial charge in [0.1, 0.15) is 10.9 Å². The van der Waals surface area contributed by atoms with Crippen molar-refractivity contribution in [3.8, 4) is 0 Å². The number of rotatable bonds is 4. The molecule has 0 amide bonds. The molecule has 0 aliphatic carbocycles. The van der Waals surface area contributed by atoms with Crippen LogP contribution in [0, 0.1) is 19.3 Å². The van der Waals surface area contributed by atoms with E-state index in [4.69, 9.17) is 11.1 Å². The number of aryl methyl sites for hydroxylation is 1. The summed E-state index contributed by atoms with van der Waals surface area (Å²) in [6.07, 6.45) is 1.07. The van der Waals surface area contributed by atoms with E-state index >= 15 is 0 Å². The molecule has 15 heavy (non-hydrogen) atoms. The number of nitrogens with zero attached hydrogens (tertiary/aromatic N) is 2. The molecule has 1 aromatic rings. The number of nitrogens with two attached hydrogens (primary N) is 1. The van der Waals surface area contributed by atoms with Gasteiger partial charge in [-0.25, -0.2) is 0 Å². The first-order valence-corrected chi connectivity index (χ1v) is 5.87. The van der Waals surface area contributed by atoms with E-state index in [9.17, 15) is 0 Å². The quantitative estimate of drug-likeness (QED) is 0.465. The maximum atomic E-state index is 7.55. The van der Waals surface area contributed by atoms with Gasteiger partial charge in [0.05, 0.1) is 11.3 Å². The molecule has 0 aromatic carbocycles. The van der Waals surface area contributed by atoms with Crippen molar-refractivity contribution in [1.82, 2.24) is 10.2 Å². The van der Waals surface area contributed by atoms with Crippen LogP contribution in [0.4, 0.5) is 0 Å². The fraction of sp³-hybridized carbons (Fsp3) is 0.500. The third kappa shape index (κ3) is 2.68. The zero-order chi connectivity index (χ0) is 11.4. The van der Waals surface area contributed by atoms with Gasteiger partial charge in [-0.1, -0.05) is 6.92 Å². The predicted molar refractivity (Wildman–Crippen MR) is 63.5 cm³/mol. The van der Waals surface area contributed by atoms with Crippen LogP contribution in [0.1, 0.15) is 30.2 Å². The Balaban J connectivity index is 3.15. The first kappa shape index (κ1) is 12.0. The molecule has 0 spiro atoms. The smallest absolute Gasteiger partial charge is 0.130 e. The van der Waals surface area contributed by atoms with Crippen molar-refractivity contribution in [2.45, 2.75) is 32.2 Å². The first-order valence-electron chi connectivity index (χ1n) is 4.89. The molecule has 1 aromatic heterocycles. The highest BCUT2D eigenvalue weighted by Gasteiger charge is 2.13. The third-order valence-electron chi connectivity index (χ3n) is 2.13. The lowest BCUT2D eigenvalue weighted by atomic mass is 10.1. The van der Waals surface area contributed by atoms with E-state index < -0.39 is 0 Å². The topological polar surface area (TPSA) is 75.7 Å². The largest absolute Gasteiger partial charge is 0.384 e. The lowest BCUT2D eigenvalue weighted by molar-refractivity contribution is 0.871. The molecule has 4 nitrogen and oxygen atoms in total. The molecule has 0 bridgehead atoms. The Morgan fingerprint density at radius 2 is 2.07 bits per heavy atom. The Kier molecular flexibility index (Phi) is 4.08. The van der Waals surface area contributed by atoms with Gasteiger partial charge in [-0.15, -0.1) is 16.9 Å². The Hall–Kier alpha value is -1.10. The van der Waals surface area contributed by atoms with E-state index in [1.54, 1.807) is 11.8 Å². The lowest BCUT2D eigenvalue weighted by Crippen LogP contribution is -2.17. The van der Waals surface area contributed by atoms with Crippen molar-refractivity contribution < 1.29 is 0 Å². The van der Waals surface area contributed by atoms with Crippen LogP contribution in [0.3, 0.4) is 0 Å². The fourth-order valence-electron chi connectivity index (χ4n) is 1.20. The zero-order valence-corrected chi connectivity index (χ0v) is 10.1. The van der Waals surface area contributed by atoms with E-state index in [1.165, 1.54) is 0 Å². The number of hydrogen-bond acceptors (Lipinski definition) is 4. The van der Waals surface area contributed by atoms with Crippen molar-refractivity contribution >= 4 is 17.6 Å². The molecule has 0 saturated carbocycles. The predicted octanol–water partition coefficient (Wildman–Crippen LogP) is 1.88. The Morgan fingerprint density at radius 1 is 1.40 bits per heavy atom. The highest BCUT2D eigenvalue weighted by atomic mass is 32.2. The van der Waals surface area contributed by atoms with Crippen LogP contribution in [0.15, 0.2) is 5.03 Å². The molecule has 0 saturated heterocycles. The first-order chi connectivity index (χ1) is 7.07. The average molecular weight is 224 g/mol. The molecule has 1 heterocycles. The molecule has 0 atom stereocenters. The molecule has 1 rings (SSSR count). The van der Waals surface area contributed by atoms with Crippen molar-refractivity contribution in [2.24, 2.45) is 5.73 Å². The van der Waals surface area contributed by atoms with Gasteiger partial charge in [-0.3, -0.25) is 5.41 Å². The van der Waals surface area contributed by atoms with Crippen LogP contribution in [0.5, 0.6) is 0 Å². The number of hydrogen-bond donors (Lipinski definition) is 2. The minimum atomic E-state index is 0.0732. The minimum Gasteiger partial charge on any atom is -0.384 e. The van der Waals surface area contributed by atoms with Crippen molar-refractivity contribution in [2.75, 3.05) is 5.75 Å². The number of nitrogens with one attached hydrogen (secondary N) is 1. The normalized spacial score (nSPS) is 10.3. The molecule has 82 valence electrons. The summed E-state index contributed by atoms with van der Waals surface area (Å²) in [4.78, 5) is 0. The molecule has 5 heteroatoms. The average Bonchev–Trinajstić information content (AvgIpc) is 2.19. The van der Waals surface area contributed by atoms with E-state index in [0.717, 1.165) is 34.0 Å². The second-order valence-electron chi connectivity index (χ2n) is 3.35. The molecular weight excluding hydrogens is 208 g/mol. The Bertz CT molecular complexity index is 376. The van der Waals surface area contributed by atoms with Crippen molar-refractivity contribution in [3.63, 3.8) is 0 Å². The summed E-state index contributed by atoms with van der Waals surface area (Å²) in [5.74, 6) is 1.04. The molecule has 3 N–H and O–H groups in total. The summed E-state index contributed by atoms with van der Waals surface area (Å²) in [5.41, 5.74) is 8.08. The third-order valence-corrected chi connectivity index (χ3v) is 3.31. The SMILES string of the molecule is CCCSc1nnc(C)c(C)c1C(=N)N. The molecule has 0 aliphatic heterocycles. The maximum Gasteiger partial charge on any atom is 0.130 e. The van der Waals surface area contributed by atoms with Crippen LogP contribution in [-0.4, -0.2) is 21.8 Å². The second kappa shape index (κ2) is 5.11. The van der Waals surface area contributed by atoms with E-state index in [2.05, 4.69) is 17.1 Å². The summed E-state index contributed by atoms with van der Waals surface area (Å²) in [7, 11) is 0. The van der Waals surface area contributed by atoms with Crippen LogP contribution in [0.25, 0.3) is 0 Å². The van der Waals surface area contributed by atoms with Crippen LogP contribution in [0.2, 0.25) is 0 Å². The van der Waals surface area contributed by atoms with E-state index in [-0.39, 0.29) is 5.84 Å². The van der Waals surface area contributed by atoms with Gasteiger partial charge < -0.3 is 5.73 Å². The van der Waals surface area contributed by atoms with Crippen LogP contribution < -0.4 is 5.73 Å². The highest BCUT2D eigenvalue weighted by Crippen LogP contribution is 2.23. The molecule has 0 radical (unpaired) electrons. The Labute approximate surface area is 94.2 Å². The minimum absolute atomic E-state index is 0.0732. The number of nitrogen functional groups attached to an aromatic ring is 1. The van der Waals surface area contributed by atoms with Gasteiger partial charge in [0.2, 0.25) is 0 Å². The van der Waals surface area contributed by atoms with Gasteiger partial charge >= 0.3 is 0 Å². The van der Waals surface area contributed by atoms with E-state index in [1.807, 2.05) is 13.8 Å². The molecule has 0 fully saturated rings. The zero-order valence-electron chi connectivity index (χ0n) is 9.29. The number of aromatic nitrogens is 2. The second-order valence-corrected chi connectivity index (χ2v) is 4.44. The van der Waals surface area contributed by atoms with Gasteiger partial charge in [0.15, 0.2) is 0 Å². The summed E-state index contributed by atoms with van der Waals surface area (Å²) in [6, 6.07) is 0. The standard InChI is InChI=1S/C10H16N4S/c1-4-5-15-10-8(9(11)12)6(2)7(3)13-14-10/h4-5H2,1-3H3,(H3,11,12). The van der Waals surface area contributed by atoms with Gasteiger partial charge in [0, 0.05) is 0 Å². The van der Waals surface area contributed by atoms with E-state index in [0.29, 0.717) is 0 Å². The lowest BCUT2D eigenvalue weighted by Gasteiger charge is -2.10. The van der Waals surface area contributed by atoms with Crippen molar-refractivity contribution in [3.05, 3.63) is 16.8 Å².